The first kappa shape index (κ1) is 20.4. The summed E-state index contributed by atoms with van der Waals surface area (Å²) in [6.07, 6.45) is 2.97. The van der Waals surface area contributed by atoms with Crippen LogP contribution in [0.15, 0.2) is 47.8 Å². The number of hydrogen-bond acceptors (Lipinski definition) is 6. The van der Waals surface area contributed by atoms with Gasteiger partial charge >= 0.3 is 0 Å². The van der Waals surface area contributed by atoms with Crippen LogP contribution in [0, 0.1) is 6.92 Å². The van der Waals surface area contributed by atoms with Crippen molar-refractivity contribution in [2.45, 2.75) is 32.2 Å². The molecule has 1 saturated carbocycles. The minimum atomic E-state index is -0.0215. The molecule has 30 heavy (non-hydrogen) atoms. The van der Waals surface area contributed by atoms with Gasteiger partial charge in [-0.3, -0.25) is 4.79 Å². The highest BCUT2D eigenvalue weighted by atomic mass is 32.1. The fraction of sp³-hybridized carbons (Fsp3) is 0.304. The molecule has 0 unspecified atom stereocenters. The maximum Gasteiger partial charge on any atom is 0.251 e. The number of nitrogens with zero attached hydrogens (tertiary/aromatic N) is 1. The van der Waals surface area contributed by atoms with Gasteiger partial charge in [-0.05, 0) is 62.6 Å². The van der Waals surface area contributed by atoms with Gasteiger partial charge in [0.15, 0.2) is 5.13 Å². The van der Waals surface area contributed by atoms with E-state index >= 15 is 0 Å². The van der Waals surface area contributed by atoms with Crippen LogP contribution in [0.1, 0.15) is 35.2 Å². The molecule has 0 saturated heterocycles. The molecule has 2 aromatic carbocycles. The summed E-state index contributed by atoms with van der Waals surface area (Å²) in [6, 6.07) is 14.0. The van der Waals surface area contributed by atoms with Crippen LogP contribution in [-0.4, -0.2) is 30.1 Å². The maximum atomic E-state index is 12.4. The average Bonchev–Trinajstić information content (AvgIpc) is 3.44. The van der Waals surface area contributed by atoms with Crippen molar-refractivity contribution in [1.82, 2.24) is 10.3 Å². The summed E-state index contributed by atoms with van der Waals surface area (Å²) in [5.41, 5.74) is 10.0. The Kier molecular flexibility index (Phi) is 6.30. The zero-order valence-electron chi connectivity index (χ0n) is 17.0. The number of rotatable bonds is 9. The molecule has 156 valence electrons. The Bertz CT molecular complexity index is 1030. The Morgan fingerprint density at radius 2 is 2.13 bits per heavy atom. The van der Waals surface area contributed by atoms with Gasteiger partial charge in [0.25, 0.3) is 5.91 Å². The smallest absolute Gasteiger partial charge is 0.251 e. The zero-order valence-corrected chi connectivity index (χ0v) is 17.8. The van der Waals surface area contributed by atoms with Crippen molar-refractivity contribution in [1.29, 1.82) is 0 Å². The molecule has 0 atom stereocenters. The summed E-state index contributed by atoms with van der Waals surface area (Å²) in [7, 11) is 0. The summed E-state index contributed by atoms with van der Waals surface area (Å²) in [4.78, 5) is 17.1. The summed E-state index contributed by atoms with van der Waals surface area (Å²) in [5.74, 6) is 0.792. The quantitative estimate of drug-likeness (QED) is 0.442. The lowest BCUT2D eigenvalue weighted by Crippen LogP contribution is -2.25. The van der Waals surface area contributed by atoms with Gasteiger partial charge in [0, 0.05) is 28.2 Å². The van der Waals surface area contributed by atoms with Gasteiger partial charge in [0.05, 0.1) is 12.3 Å². The minimum absolute atomic E-state index is 0.0215. The second kappa shape index (κ2) is 9.28. The van der Waals surface area contributed by atoms with Crippen molar-refractivity contribution in [2.75, 3.05) is 18.5 Å². The van der Waals surface area contributed by atoms with Crippen molar-refractivity contribution in [2.24, 2.45) is 5.73 Å². The molecule has 1 fully saturated rings. The van der Waals surface area contributed by atoms with Gasteiger partial charge in [-0.25, -0.2) is 4.98 Å². The topological polar surface area (TPSA) is 89.3 Å². The molecule has 1 amide bonds. The zero-order chi connectivity index (χ0) is 20.9. The number of thiazole rings is 1. The normalized spacial score (nSPS) is 13.1. The Morgan fingerprint density at radius 1 is 1.27 bits per heavy atom. The van der Waals surface area contributed by atoms with E-state index in [0.29, 0.717) is 24.8 Å². The van der Waals surface area contributed by atoms with E-state index < -0.39 is 0 Å². The first-order valence-corrected chi connectivity index (χ1v) is 11.1. The minimum Gasteiger partial charge on any atom is -0.494 e. The fourth-order valence-corrected chi connectivity index (χ4v) is 3.72. The first-order valence-electron chi connectivity index (χ1n) is 10.2. The van der Waals surface area contributed by atoms with Crippen LogP contribution in [0.2, 0.25) is 0 Å². The molecule has 1 aliphatic rings. The highest BCUT2D eigenvalue weighted by Gasteiger charge is 2.24. The molecule has 7 heteroatoms. The van der Waals surface area contributed by atoms with Crippen LogP contribution >= 0.6 is 11.3 Å². The van der Waals surface area contributed by atoms with E-state index in [4.69, 9.17) is 15.5 Å². The van der Waals surface area contributed by atoms with Crippen molar-refractivity contribution in [3.05, 3.63) is 59.0 Å². The molecule has 1 aromatic heterocycles. The predicted octanol–water partition coefficient (Wildman–Crippen LogP) is 4.48. The number of aryl methyl sites for hydroxylation is 1. The standard InChI is InChI=1S/C23H26N4O2S/c1-15-6-7-17(22(28)25-18-8-9-18)13-20(15)26-23-27-21(14-30-23)16-4-2-5-19(12-16)29-11-3-10-24/h2,4-7,12-14,18H,3,8-11,24H2,1H3,(H,25,28)(H,26,27). The SMILES string of the molecule is Cc1ccc(C(=O)NC2CC2)cc1Nc1nc(-c2cccc(OCCCN)c2)cs1. The van der Waals surface area contributed by atoms with Crippen molar-refractivity contribution < 1.29 is 9.53 Å². The Morgan fingerprint density at radius 3 is 2.93 bits per heavy atom. The Labute approximate surface area is 180 Å². The highest BCUT2D eigenvalue weighted by molar-refractivity contribution is 7.14. The van der Waals surface area contributed by atoms with Gasteiger partial charge in [0.1, 0.15) is 5.75 Å². The Balaban J connectivity index is 1.47. The van der Waals surface area contributed by atoms with E-state index in [1.807, 2.05) is 54.8 Å². The first-order chi connectivity index (χ1) is 14.6. The van der Waals surface area contributed by atoms with E-state index in [0.717, 1.165) is 52.7 Å². The lowest BCUT2D eigenvalue weighted by atomic mass is 10.1. The van der Waals surface area contributed by atoms with Crippen molar-refractivity contribution in [3.8, 4) is 17.0 Å². The highest BCUT2D eigenvalue weighted by Crippen LogP contribution is 2.30. The molecule has 4 N–H and O–H groups in total. The molecule has 0 radical (unpaired) electrons. The number of hydrogen-bond donors (Lipinski definition) is 3. The number of carbonyl (C=O) groups excluding carboxylic acids is 1. The van der Waals surface area contributed by atoms with Gasteiger partial charge < -0.3 is 21.1 Å². The van der Waals surface area contributed by atoms with Crippen molar-refractivity contribution in [3.63, 3.8) is 0 Å². The van der Waals surface area contributed by atoms with E-state index in [1.165, 1.54) is 11.3 Å². The third-order valence-corrected chi connectivity index (χ3v) is 5.66. The molecule has 1 aliphatic carbocycles. The molecule has 3 aromatic rings. The van der Waals surface area contributed by atoms with Crippen LogP contribution in [0.3, 0.4) is 0 Å². The molecular weight excluding hydrogens is 396 g/mol. The van der Waals surface area contributed by atoms with Crippen LogP contribution in [0.5, 0.6) is 5.75 Å². The number of benzene rings is 2. The lowest BCUT2D eigenvalue weighted by Gasteiger charge is -2.10. The molecule has 6 nitrogen and oxygen atoms in total. The molecule has 0 spiro atoms. The maximum absolute atomic E-state index is 12.4. The molecular formula is C23H26N4O2S. The Hall–Kier alpha value is -2.90. The number of nitrogens with two attached hydrogens (primary N) is 1. The van der Waals surface area contributed by atoms with Crippen LogP contribution in [-0.2, 0) is 0 Å². The second-order valence-corrected chi connectivity index (χ2v) is 8.32. The van der Waals surface area contributed by atoms with Crippen LogP contribution < -0.4 is 21.1 Å². The van der Waals surface area contributed by atoms with E-state index in [1.54, 1.807) is 0 Å². The van der Waals surface area contributed by atoms with Crippen LogP contribution in [0.25, 0.3) is 11.3 Å². The number of amides is 1. The van der Waals surface area contributed by atoms with Gasteiger partial charge in [-0.15, -0.1) is 11.3 Å². The fourth-order valence-electron chi connectivity index (χ4n) is 2.99. The summed E-state index contributed by atoms with van der Waals surface area (Å²) in [5, 5.41) is 9.19. The average molecular weight is 423 g/mol. The number of carbonyl (C=O) groups is 1. The van der Waals surface area contributed by atoms with E-state index in [-0.39, 0.29) is 5.91 Å². The predicted molar refractivity (Wildman–Crippen MR) is 122 cm³/mol. The number of ether oxygens (including phenoxy) is 1. The lowest BCUT2D eigenvalue weighted by molar-refractivity contribution is 0.0951. The van der Waals surface area contributed by atoms with Gasteiger partial charge in [-0.1, -0.05) is 18.2 Å². The molecule has 4 rings (SSSR count). The van der Waals surface area contributed by atoms with Crippen molar-refractivity contribution >= 4 is 28.1 Å². The summed E-state index contributed by atoms with van der Waals surface area (Å²) >= 11 is 1.53. The monoisotopic (exact) mass is 422 g/mol. The molecule has 0 aliphatic heterocycles. The van der Waals surface area contributed by atoms with E-state index in [9.17, 15) is 4.79 Å². The van der Waals surface area contributed by atoms with Crippen LogP contribution in [0.4, 0.5) is 10.8 Å². The molecule has 0 bridgehead atoms. The third-order valence-electron chi connectivity index (χ3n) is 4.91. The van der Waals surface area contributed by atoms with E-state index in [2.05, 4.69) is 10.6 Å². The number of anilines is 2. The summed E-state index contributed by atoms with van der Waals surface area (Å²) in [6.45, 7) is 3.24. The largest absolute Gasteiger partial charge is 0.494 e. The van der Waals surface area contributed by atoms with Gasteiger partial charge in [0.2, 0.25) is 0 Å². The summed E-state index contributed by atoms with van der Waals surface area (Å²) < 4.78 is 5.74. The molecule has 1 heterocycles. The van der Waals surface area contributed by atoms with Gasteiger partial charge in [-0.2, -0.15) is 0 Å². The number of nitrogens with one attached hydrogen (secondary N) is 2. The third kappa shape index (κ3) is 5.17. The number of aromatic nitrogens is 1. The second-order valence-electron chi connectivity index (χ2n) is 7.46.